The van der Waals surface area contributed by atoms with Crippen LogP contribution >= 0.6 is 0 Å². The summed E-state index contributed by atoms with van der Waals surface area (Å²) in [5, 5.41) is 2.86. The molecule has 3 aromatic rings. The Kier molecular flexibility index (Phi) is 7.78. The average Bonchev–Trinajstić information content (AvgIpc) is 3.32. The number of likely N-dealkylation sites (N-methyl/N-ethyl adjacent to an activating group) is 1. The molecule has 0 saturated heterocycles. The molecule has 1 atom stereocenters. The van der Waals surface area contributed by atoms with E-state index in [1.54, 1.807) is 54.8 Å². The zero-order valence-corrected chi connectivity index (χ0v) is 20.1. The zero-order valence-electron chi connectivity index (χ0n) is 19.2. The van der Waals surface area contributed by atoms with Crippen LogP contribution in [0.15, 0.2) is 76.2 Å². The molecule has 0 radical (unpaired) electrons. The molecule has 1 aromatic heterocycles. The minimum atomic E-state index is -3.67. The van der Waals surface area contributed by atoms with E-state index in [0.717, 1.165) is 16.2 Å². The number of hydrogen-bond donors (Lipinski definition) is 2. The normalized spacial score (nSPS) is 12.4. The summed E-state index contributed by atoms with van der Waals surface area (Å²) in [6.07, 6.45) is 1.61. The zero-order chi connectivity index (χ0) is 24.0. The van der Waals surface area contributed by atoms with Gasteiger partial charge in [0.1, 0.15) is 5.75 Å². The lowest BCUT2D eigenvalue weighted by Gasteiger charge is -2.20. The Balaban J connectivity index is 1.55. The molecule has 3 rings (SSSR count). The number of anilines is 1. The van der Waals surface area contributed by atoms with Crippen LogP contribution in [-0.2, 0) is 14.8 Å². The summed E-state index contributed by atoms with van der Waals surface area (Å²) in [6.45, 7) is 2.17. The molecule has 1 heterocycles. The van der Waals surface area contributed by atoms with Crippen LogP contribution in [0.2, 0.25) is 0 Å². The molecule has 176 valence electrons. The number of hydrogen-bond acceptors (Lipinski definition) is 5. The first-order chi connectivity index (χ1) is 15.7. The van der Waals surface area contributed by atoms with Gasteiger partial charge in [0.05, 0.1) is 37.5 Å². The molecule has 0 aliphatic carbocycles. The SMILES string of the molecule is Cc1ccc(S(=O)(=O)N(C)c2ccc(OCC(=O)NC[C@H](c3ccco3)[NH+](C)C)cc2)cc1. The number of carbonyl (C=O) groups excluding carboxylic acids is 1. The summed E-state index contributed by atoms with van der Waals surface area (Å²) in [5.41, 5.74) is 1.48. The Hall–Kier alpha value is -3.30. The fourth-order valence-corrected chi connectivity index (χ4v) is 4.45. The molecular formula is C24H30N3O5S+. The van der Waals surface area contributed by atoms with Crippen molar-refractivity contribution in [3.8, 4) is 5.75 Å². The second kappa shape index (κ2) is 10.5. The number of amides is 1. The van der Waals surface area contributed by atoms with E-state index in [4.69, 9.17) is 9.15 Å². The fourth-order valence-electron chi connectivity index (χ4n) is 3.25. The summed E-state index contributed by atoms with van der Waals surface area (Å²) in [6, 6.07) is 17.0. The number of carbonyl (C=O) groups is 1. The largest absolute Gasteiger partial charge is 0.484 e. The molecule has 8 nitrogen and oxygen atoms in total. The van der Waals surface area contributed by atoms with Crippen molar-refractivity contribution in [2.75, 3.05) is 38.6 Å². The minimum absolute atomic E-state index is 0.00532. The molecule has 0 unspecified atom stereocenters. The molecule has 33 heavy (non-hydrogen) atoms. The topological polar surface area (TPSA) is 93.3 Å². The predicted molar refractivity (Wildman–Crippen MR) is 126 cm³/mol. The second-order valence-corrected chi connectivity index (χ2v) is 9.99. The van der Waals surface area contributed by atoms with Crippen LogP contribution in [0.4, 0.5) is 5.69 Å². The molecule has 2 aromatic carbocycles. The molecule has 2 N–H and O–H groups in total. The van der Waals surface area contributed by atoms with E-state index in [-0.39, 0.29) is 23.5 Å². The summed E-state index contributed by atoms with van der Waals surface area (Å²) >= 11 is 0. The molecular weight excluding hydrogens is 442 g/mol. The summed E-state index contributed by atoms with van der Waals surface area (Å²) in [7, 11) is 1.82. The van der Waals surface area contributed by atoms with Crippen molar-refractivity contribution < 1.29 is 27.3 Å². The lowest BCUT2D eigenvalue weighted by atomic mass is 10.2. The molecule has 0 saturated carbocycles. The monoisotopic (exact) mass is 472 g/mol. The van der Waals surface area contributed by atoms with Gasteiger partial charge in [0.15, 0.2) is 18.4 Å². The van der Waals surface area contributed by atoms with Crippen molar-refractivity contribution in [2.24, 2.45) is 0 Å². The van der Waals surface area contributed by atoms with Crippen molar-refractivity contribution in [3.05, 3.63) is 78.3 Å². The maximum atomic E-state index is 12.8. The van der Waals surface area contributed by atoms with Gasteiger partial charge in [-0.2, -0.15) is 0 Å². The van der Waals surface area contributed by atoms with E-state index in [1.807, 2.05) is 33.2 Å². The molecule has 9 heteroatoms. The van der Waals surface area contributed by atoms with Crippen molar-refractivity contribution in [3.63, 3.8) is 0 Å². The number of nitrogens with one attached hydrogen (secondary N) is 2. The van der Waals surface area contributed by atoms with Gasteiger partial charge in [-0.25, -0.2) is 8.42 Å². The average molecular weight is 473 g/mol. The number of quaternary nitrogens is 1. The van der Waals surface area contributed by atoms with Gasteiger partial charge >= 0.3 is 0 Å². The lowest BCUT2D eigenvalue weighted by molar-refractivity contribution is -0.891. The third kappa shape index (κ3) is 6.15. The maximum Gasteiger partial charge on any atom is 0.264 e. The van der Waals surface area contributed by atoms with Crippen LogP contribution in [0, 0.1) is 6.92 Å². The Morgan fingerprint density at radius 3 is 2.33 bits per heavy atom. The minimum Gasteiger partial charge on any atom is -0.484 e. The van der Waals surface area contributed by atoms with Gasteiger partial charge in [-0.3, -0.25) is 9.10 Å². The third-order valence-corrected chi connectivity index (χ3v) is 7.14. The Morgan fingerprint density at radius 1 is 1.09 bits per heavy atom. The Morgan fingerprint density at radius 2 is 1.76 bits per heavy atom. The standard InChI is InChI=1S/C24H29N3O5S/c1-18-7-13-21(14-8-18)33(29,30)27(4)19-9-11-20(12-10-19)32-17-24(28)25-16-22(26(2)3)23-6-5-15-31-23/h5-15,22H,16-17H2,1-4H3,(H,25,28)/p+1/t22-/m1/s1. The predicted octanol–water partition coefficient (Wildman–Crippen LogP) is 1.79. The molecule has 0 aliphatic heterocycles. The second-order valence-electron chi connectivity index (χ2n) is 8.02. The van der Waals surface area contributed by atoms with E-state index in [1.165, 1.54) is 11.4 Å². The number of furan rings is 1. The summed E-state index contributed by atoms with van der Waals surface area (Å²) in [5.74, 6) is 1.02. The van der Waals surface area contributed by atoms with Crippen molar-refractivity contribution in [2.45, 2.75) is 17.9 Å². The van der Waals surface area contributed by atoms with E-state index < -0.39 is 10.0 Å². The van der Waals surface area contributed by atoms with E-state index in [2.05, 4.69) is 5.32 Å². The first kappa shape index (κ1) is 24.3. The first-order valence-electron chi connectivity index (χ1n) is 10.6. The molecule has 0 fully saturated rings. The number of ether oxygens (including phenoxy) is 1. The van der Waals surface area contributed by atoms with E-state index in [0.29, 0.717) is 18.0 Å². The maximum absolute atomic E-state index is 12.8. The molecule has 0 bridgehead atoms. The highest BCUT2D eigenvalue weighted by Crippen LogP contribution is 2.24. The number of sulfonamides is 1. The lowest BCUT2D eigenvalue weighted by Crippen LogP contribution is -3.07. The molecule has 1 amide bonds. The van der Waals surface area contributed by atoms with Gasteiger partial charge in [0, 0.05) is 7.05 Å². The number of benzene rings is 2. The van der Waals surface area contributed by atoms with Crippen molar-refractivity contribution >= 4 is 21.6 Å². The fraction of sp³-hybridized carbons (Fsp3) is 0.292. The molecule has 0 spiro atoms. The van der Waals surface area contributed by atoms with Crippen LogP contribution in [0.1, 0.15) is 17.4 Å². The highest BCUT2D eigenvalue weighted by molar-refractivity contribution is 7.92. The van der Waals surface area contributed by atoms with Crippen LogP contribution in [-0.4, -0.2) is 48.6 Å². The Bertz CT molecular complexity index is 1140. The van der Waals surface area contributed by atoms with Gasteiger partial charge in [-0.05, 0) is 55.5 Å². The number of rotatable bonds is 10. The summed E-state index contributed by atoms with van der Waals surface area (Å²) in [4.78, 5) is 13.6. The van der Waals surface area contributed by atoms with Crippen molar-refractivity contribution in [1.82, 2.24) is 5.32 Å². The van der Waals surface area contributed by atoms with Crippen LogP contribution in [0.25, 0.3) is 0 Å². The molecule has 0 aliphatic rings. The first-order valence-corrected chi connectivity index (χ1v) is 12.0. The third-order valence-electron chi connectivity index (χ3n) is 5.34. The van der Waals surface area contributed by atoms with Gasteiger partial charge in [-0.15, -0.1) is 0 Å². The van der Waals surface area contributed by atoms with E-state index >= 15 is 0 Å². The highest BCUT2D eigenvalue weighted by Gasteiger charge is 2.22. The van der Waals surface area contributed by atoms with Gasteiger partial charge < -0.3 is 19.4 Å². The van der Waals surface area contributed by atoms with Crippen molar-refractivity contribution in [1.29, 1.82) is 0 Å². The van der Waals surface area contributed by atoms with Gasteiger partial charge in [-0.1, -0.05) is 17.7 Å². The summed E-state index contributed by atoms with van der Waals surface area (Å²) < 4.78 is 37.9. The van der Waals surface area contributed by atoms with Gasteiger partial charge in [0.2, 0.25) is 0 Å². The highest BCUT2D eigenvalue weighted by atomic mass is 32.2. The van der Waals surface area contributed by atoms with E-state index in [9.17, 15) is 13.2 Å². The van der Waals surface area contributed by atoms with Crippen LogP contribution in [0.5, 0.6) is 5.75 Å². The van der Waals surface area contributed by atoms with Crippen LogP contribution < -0.4 is 19.3 Å². The van der Waals surface area contributed by atoms with Gasteiger partial charge in [0.25, 0.3) is 15.9 Å². The smallest absolute Gasteiger partial charge is 0.264 e. The van der Waals surface area contributed by atoms with Crippen LogP contribution in [0.3, 0.4) is 0 Å². The Labute approximate surface area is 194 Å². The number of aryl methyl sites for hydroxylation is 1. The number of nitrogens with zero attached hydrogens (tertiary/aromatic N) is 1. The quantitative estimate of drug-likeness (QED) is 0.469.